The van der Waals surface area contributed by atoms with Crippen molar-refractivity contribution in [2.75, 3.05) is 5.32 Å². The number of rotatable bonds is 6. The first-order chi connectivity index (χ1) is 13.9. The van der Waals surface area contributed by atoms with Crippen LogP contribution in [0.25, 0.3) is 0 Å². The molecular weight excluding hydrogens is 388 g/mol. The van der Waals surface area contributed by atoms with Gasteiger partial charge in [0.15, 0.2) is 0 Å². The largest absolute Gasteiger partial charge is 0.481 e. The molecule has 2 aliphatic rings. The molecule has 0 aliphatic heterocycles. The van der Waals surface area contributed by atoms with Gasteiger partial charge in [-0.1, -0.05) is 39.0 Å². The number of anilines is 1. The van der Waals surface area contributed by atoms with Crippen LogP contribution in [-0.4, -0.2) is 28.9 Å². The molecule has 3 N–H and O–H groups in total. The Morgan fingerprint density at radius 1 is 1.00 bits per heavy atom. The van der Waals surface area contributed by atoms with Gasteiger partial charge in [-0.15, -0.1) is 11.3 Å². The van der Waals surface area contributed by atoms with Crippen molar-refractivity contribution in [2.24, 2.45) is 11.8 Å². The van der Waals surface area contributed by atoms with Gasteiger partial charge in [0.2, 0.25) is 5.91 Å². The van der Waals surface area contributed by atoms with Crippen molar-refractivity contribution < 1.29 is 19.5 Å². The van der Waals surface area contributed by atoms with Crippen LogP contribution in [0.4, 0.5) is 5.00 Å². The maximum atomic E-state index is 13.1. The zero-order valence-corrected chi connectivity index (χ0v) is 18.2. The summed E-state index contributed by atoms with van der Waals surface area (Å²) in [5, 5.41) is 16.2. The third-order valence-electron chi connectivity index (χ3n) is 6.39. The maximum absolute atomic E-state index is 13.1. The predicted octanol–water partition coefficient (Wildman–Crippen LogP) is 4.51. The fourth-order valence-corrected chi connectivity index (χ4v) is 5.93. The summed E-state index contributed by atoms with van der Waals surface area (Å²) in [6.45, 7) is 3.98. The van der Waals surface area contributed by atoms with Gasteiger partial charge >= 0.3 is 5.97 Å². The van der Waals surface area contributed by atoms with Crippen LogP contribution in [0.5, 0.6) is 0 Å². The Hall–Kier alpha value is -1.89. The second-order valence-corrected chi connectivity index (χ2v) is 9.55. The number of hydrogen-bond acceptors (Lipinski definition) is 4. The Morgan fingerprint density at radius 2 is 1.62 bits per heavy atom. The van der Waals surface area contributed by atoms with E-state index in [1.807, 2.05) is 13.8 Å². The van der Waals surface area contributed by atoms with E-state index in [0.29, 0.717) is 29.8 Å². The number of amides is 2. The lowest BCUT2D eigenvalue weighted by molar-refractivity contribution is -0.147. The first-order valence-corrected chi connectivity index (χ1v) is 11.7. The summed E-state index contributed by atoms with van der Waals surface area (Å²) in [7, 11) is 0. The van der Waals surface area contributed by atoms with Gasteiger partial charge in [0.25, 0.3) is 5.91 Å². The molecule has 0 unspecified atom stereocenters. The van der Waals surface area contributed by atoms with Crippen molar-refractivity contribution in [2.45, 2.75) is 84.1 Å². The number of aryl methyl sites for hydroxylation is 1. The monoisotopic (exact) mass is 420 g/mol. The molecule has 2 atom stereocenters. The van der Waals surface area contributed by atoms with E-state index in [1.165, 1.54) is 17.8 Å². The van der Waals surface area contributed by atoms with Gasteiger partial charge in [-0.25, -0.2) is 0 Å². The Kier molecular flexibility index (Phi) is 7.33. The van der Waals surface area contributed by atoms with Crippen LogP contribution in [0.3, 0.4) is 0 Å². The summed E-state index contributed by atoms with van der Waals surface area (Å²) in [4.78, 5) is 38.7. The number of hydrogen-bond donors (Lipinski definition) is 3. The zero-order valence-electron chi connectivity index (χ0n) is 17.4. The topological polar surface area (TPSA) is 95.5 Å². The standard InChI is InChI=1S/C22H32N2O4S/c1-3-15-13(2)29-21(18(15)20(26)23-14-9-5-4-6-10-14)24-19(25)16-11-7-8-12-17(16)22(27)28/h14,16-17H,3-12H2,1-2H3,(H,23,26)(H,24,25)(H,27,28)/t16-,17+/m0/s1. The van der Waals surface area contributed by atoms with Gasteiger partial charge in [0, 0.05) is 10.9 Å². The summed E-state index contributed by atoms with van der Waals surface area (Å²) < 4.78 is 0. The molecule has 3 rings (SSSR count). The molecule has 2 saturated carbocycles. The molecule has 2 amide bonds. The van der Waals surface area contributed by atoms with Gasteiger partial charge in [-0.05, 0) is 44.6 Å². The minimum atomic E-state index is -0.906. The van der Waals surface area contributed by atoms with Crippen molar-refractivity contribution in [3.05, 3.63) is 16.0 Å². The van der Waals surface area contributed by atoms with E-state index in [0.717, 1.165) is 49.0 Å². The highest BCUT2D eigenvalue weighted by Crippen LogP contribution is 2.36. The van der Waals surface area contributed by atoms with E-state index in [1.54, 1.807) is 0 Å². The molecule has 160 valence electrons. The quantitative estimate of drug-likeness (QED) is 0.631. The van der Waals surface area contributed by atoms with E-state index in [4.69, 9.17) is 0 Å². The molecule has 2 aliphatic carbocycles. The van der Waals surface area contributed by atoms with Gasteiger partial charge in [-0.2, -0.15) is 0 Å². The fourth-order valence-electron chi connectivity index (χ4n) is 4.78. The van der Waals surface area contributed by atoms with Crippen LogP contribution in [-0.2, 0) is 16.0 Å². The number of carboxylic acids is 1. The average Bonchev–Trinajstić information content (AvgIpc) is 3.03. The third-order valence-corrected chi connectivity index (χ3v) is 7.45. The Labute approximate surface area is 176 Å². The van der Waals surface area contributed by atoms with Crippen molar-refractivity contribution in [3.8, 4) is 0 Å². The van der Waals surface area contributed by atoms with E-state index in [-0.39, 0.29) is 17.9 Å². The van der Waals surface area contributed by atoms with Crippen LogP contribution in [0.1, 0.15) is 85.5 Å². The molecule has 0 saturated heterocycles. The molecular formula is C22H32N2O4S. The number of carbonyl (C=O) groups excluding carboxylic acids is 2. The first kappa shape index (κ1) is 21.8. The maximum Gasteiger partial charge on any atom is 0.307 e. The highest BCUT2D eigenvalue weighted by Gasteiger charge is 2.36. The number of thiophene rings is 1. The van der Waals surface area contributed by atoms with E-state index < -0.39 is 17.8 Å². The first-order valence-electron chi connectivity index (χ1n) is 10.9. The van der Waals surface area contributed by atoms with Crippen molar-refractivity contribution >= 4 is 34.1 Å². The summed E-state index contributed by atoms with van der Waals surface area (Å²) in [6.07, 6.45) is 9.02. The number of nitrogens with one attached hydrogen (secondary N) is 2. The molecule has 29 heavy (non-hydrogen) atoms. The highest BCUT2D eigenvalue weighted by atomic mass is 32.1. The number of aliphatic carboxylic acids is 1. The number of carbonyl (C=O) groups is 3. The Bertz CT molecular complexity index is 767. The minimum absolute atomic E-state index is 0.119. The van der Waals surface area contributed by atoms with Crippen LogP contribution in [0, 0.1) is 18.8 Å². The highest BCUT2D eigenvalue weighted by molar-refractivity contribution is 7.16. The van der Waals surface area contributed by atoms with Gasteiger partial charge in [-0.3, -0.25) is 14.4 Å². The van der Waals surface area contributed by atoms with Gasteiger partial charge in [0.05, 0.1) is 17.4 Å². The molecule has 0 aromatic carbocycles. The summed E-state index contributed by atoms with van der Waals surface area (Å²) >= 11 is 1.42. The van der Waals surface area contributed by atoms with Crippen LogP contribution < -0.4 is 10.6 Å². The molecule has 2 fully saturated rings. The van der Waals surface area contributed by atoms with Crippen LogP contribution in [0.2, 0.25) is 0 Å². The summed E-state index contributed by atoms with van der Waals surface area (Å²) in [5.74, 6) is -2.48. The lowest BCUT2D eigenvalue weighted by Crippen LogP contribution is -2.38. The lowest BCUT2D eigenvalue weighted by Gasteiger charge is -2.27. The van der Waals surface area contributed by atoms with Gasteiger partial charge < -0.3 is 15.7 Å². The second-order valence-electron chi connectivity index (χ2n) is 8.33. The second kappa shape index (κ2) is 9.74. The summed E-state index contributed by atoms with van der Waals surface area (Å²) in [5.41, 5.74) is 1.54. The molecule has 6 nitrogen and oxygen atoms in total. The smallest absolute Gasteiger partial charge is 0.307 e. The predicted molar refractivity (Wildman–Crippen MR) is 114 cm³/mol. The normalized spacial score (nSPS) is 22.8. The molecule has 1 aromatic heterocycles. The average molecular weight is 421 g/mol. The fraction of sp³-hybridized carbons (Fsp3) is 0.682. The SMILES string of the molecule is CCc1c(C)sc(NC(=O)[C@H]2CCCC[C@H]2C(=O)O)c1C(=O)NC1CCCCC1. The molecule has 7 heteroatoms. The number of carboxylic acid groups (broad SMARTS) is 1. The lowest BCUT2D eigenvalue weighted by atomic mass is 9.78. The van der Waals surface area contributed by atoms with Crippen molar-refractivity contribution in [1.82, 2.24) is 5.32 Å². The summed E-state index contributed by atoms with van der Waals surface area (Å²) in [6, 6.07) is 0.194. The third kappa shape index (κ3) is 5.00. The van der Waals surface area contributed by atoms with E-state index >= 15 is 0 Å². The van der Waals surface area contributed by atoms with Crippen molar-refractivity contribution in [3.63, 3.8) is 0 Å². The van der Waals surface area contributed by atoms with Crippen molar-refractivity contribution in [1.29, 1.82) is 0 Å². The Balaban J connectivity index is 1.80. The van der Waals surface area contributed by atoms with Gasteiger partial charge in [0.1, 0.15) is 5.00 Å². The molecule has 0 bridgehead atoms. The zero-order chi connectivity index (χ0) is 21.0. The Morgan fingerprint density at radius 3 is 2.24 bits per heavy atom. The van der Waals surface area contributed by atoms with Crippen LogP contribution >= 0.6 is 11.3 Å². The van der Waals surface area contributed by atoms with E-state index in [9.17, 15) is 19.5 Å². The van der Waals surface area contributed by atoms with Crippen LogP contribution in [0.15, 0.2) is 0 Å². The molecule has 1 aromatic rings. The molecule has 0 radical (unpaired) electrons. The molecule has 1 heterocycles. The van der Waals surface area contributed by atoms with E-state index in [2.05, 4.69) is 10.6 Å². The molecule has 0 spiro atoms. The minimum Gasteiger partial charge on any atom is -0.481 e.